The number of hydrogen-bond donors (Lipinski definition) is 1. The zero-order valence-corrected chi connectivity index (χ0v) is 21.1. The molecule has 2 aromatic heterocycles. The Morgan fingerprint density at radius 1 is 0.947 bits per heavy atom. The number of hydrogen-bond acceptors (Lipinski definition) is 2. The van der Waals surface area contributed by atoms with Crippen LogP contribution in [0, 0.1) is 5.82 Å². The molecule has 6 rings (SSSR count). The molecular weight excluding hydrogens is 477 g/mol. The molecular formula is C31H28FN5O. The lowest BCUT2D eigenvalue weighted by Crippen LogP contribution is -2.41. The Balaban J connectivity index is 1.50. The molecule has 38 heavy (non-hydrogen) atoms. The van der Waals surface area contributed by atoms with E-state index in [1.165, 1.54) is 12.1 Å². The predicted octanol–water partition coefficient (Wildman–Crippen LogP) is 6.18. The summed E-state index contributed by atoms with van der Waals surface area (Å²) in [4.78, 5) is 15.7. The molecule has 1 aliphatic rings. The van der Waals surface area contributed by atoms with Gasteiger partial charge >= 0.3 is 6.03 Å². The van der Waals surface area contributed by atoms with Gasteiger partial charge in [0.2, 0.25) is 0 Å². The van der Waals surface area contributed by atoms with E-state index in [0.717, 1.165) is 46.0 Å². The van der Waals surface area contributed by atoms with Crippen LogP contribution >= 0.6 is 0 Å². The van der Waals surface area contributed by atoms with Crippen molar-refractivity contribution in [3.05, 3.63) is 137 Å². The summed E-state index contributed by atoms with van der Waals surface area (Å²) in [6.07, 6.45) is 2.73. The molecule has 0 saturated heterocycles. The third-order valence-corrected chi connectivity index (χ3v) is 7.04. The second-order valence-electron chi connectivity index (χ2n) is 9.38. The number of fused-ring (bicyclic) bond motifs is 3. The summed E-state index contributed by atoms with van der Waals surface area (Å²) >= 11 is 0. The minimum Gasteiger partial charge on any atom is -0.334 e. The summed E-state index contributed by atoms with van der Waals surface area (Å²) in [5, 5.41) is 8.10. The number of aryl methyl sites for hydroxylation is 1. The summed E-state index contributed by atoms with van der Waals surface area (Å²) in [7, 11) is 0. The van der Waals surface area contributed by atoms with Crippen LogP contribution in [0.15, 0.2) is 103 Å². The molecule has 0 saturated carbocycles. The van der Waals surface area contributed by atoms with Crippen LogP contribution < -0.4 is 5.32 Å². The monoisotopic (exact) mass is 505 g/mol. The molecule has 0 fully saturated rings. The maximum Gasteiger partial charge on any atom is 0.318 e. The van der Waals surface area contributed by atoms with Crippen LogP contribution in [0.2, 0.25) is 0 Å². The Hall–Kier alpha value is -4.65. The highest BCUT2D eigenvalue weighted by Gasteiger charge is 2.36. The van der Waals surface area contributed by atoms with Crippen molar-refractivity contribution >= 4 is 6.03 Å². The molecule has 1 N–H and O–H groups in total. The topological polar surface area (TPSA) is 55.1 Å². The molecule has 3 aromatic carbocycles. The zero-order chi connectivity index (χ0) is 26.1. The predicted molar refractivity (Wildman–Crippen MR) is 145 cm³/mol. The molecule has 0 radical (unpaired) electrons. The summed E-state index contributed by atoms with van der Waals surface area (Å²) in [5.41, 5.74) is 5.64. The molecule has 2 amide bonds. The van der Waals surface area contributed by atoms with Crippen LogP contribution in [-0.4, -0.2) is 25.3 Å². The standard InChI is InChI=1S/C31H28FN5O/c1-2-27-26-21-36(31(38)33-20-22-10-5-3-6-11-22)29(23-15-17-24(32)18-16-23)28-14-9-19-35(28)30(26)37(34-27)25-12-7-4-8-13-25/h3-19,29H,2,20-21H2,1H3,(H,33,38)/t29-/m1/s1. The van der Waals surface area contributed by atoms with Crippen LogP contribution in [0.5, 0.6) is 0 Å². The molecule has 0 aliphatic carbocycles. The van der Waals surface area contributed by atoms with Gasteiger partial charge in [-0.1, -0.05) is 67.6 Å². The number of para-hydroxylation sites is 1. The third kappa shape index (κ3) is 4.26. The highest BCUT2D eigenvalue weighted by atomic mass is 19.1. The molecule has 0 bridgehead atoms. The Labute approximate surface area is 221 Å². The lowest BCUT2D eigenvalue weighted by molar-refractivity contribution is 0.180. The normalized spacial score (nSPS) is 14.5. The second-order valence-corrected chi connectivity index (χ2v) is 9.38. The van der Waals surface area contributed by atoms with Crippen molar-refractivity contribution in [3.63, 3.8) is 0 Å². The number of nitrogens with zero attached hydrogens (tertiary/aromatic N) is 4. The van der Waals surface area contributed by atoms with Gasteiger partial charge in [-0.2, -0.15) is 5.10 Å². The number of carbonyl (C=O) groups is 1. The van der Waals surface area contributed by atoms with Crippen LogP contribution in [-0.2, 0) is 19.5 Å². The molecule has 190 valence electrons. The Morgan fingerprint density at radius 2 is 1.66 bits per heavy atom. The average molecular weight is 506 g/mol. The fraction of sp³-hybridized carbons (Fsp3) is 0.161. The Kier molecular flexibility index (Phi) is 6.25. The molecule has 5 aromatic rings. The summed E-state index contributed by atoms with van der Waals surface area (Å²) in [6, 6.07) is 29.7. The first-order valence-electron chi connectivity index (χ1n) is 12.8. The van der Waals surface area contributed by atoms with Gasteiger partial charge in [-0.05, 0) is 53.9 Å². The number of amides is 2. The van der Waals surface area contributed by atoms with Gasteiger partial charge < -0.3 is 14.8 Å². The van der Waals surface area contributed by atoms with Crippen LogP contribution in [0.25, 0.3) is 11.5 Å². The number of nitrogens with one attached hydrogen (secondary N) is 1. The number of benzene rings is 3. The van der Waals surface area contributed by atoms with Gasteiger partial charge in [0, 0.05) is 18.3 Å². The van der Waals surface area contributed by atoms with Crippen LogP contribution in [0.4, 0.5) is 9.18 Å². The van der Waals surface area contributed by atoms with Crippen LogP contribution in [0.3, 0.4) is 0 Å². The van der Waals surface area contributed by atoms with Crippen molar-refractivity contribution in [2.24, 2.45) is 0 Å². The number of halogens is 1. The van der Waals surface area contributed by atoms with Crippen molar-refractivity contribution in [1.29, 1.82) is 0 Å². The van der Waals surface area contributed by atoms with E-state index in [4.69, 9.17) is 5.10 Å². The SMILES string of the molecule is CCc1nn(-c2ccccc2)c2c1CN(C(=O)NCc1ccccc1)[C@H](c1ccc(F)cc1)c1cccn1-2. The fourth-order valence-electron chi connectivity index (χ4n) is 5.22. The van der Waals surface area contributed by atoms with Crippen molar-refractivity contribution in [2.45, 2.75) is 32.5 Å². The lowest BCUT2D eigenvalue weighted by Gasteiger charge is -2.31. The van der Waals surface area contributed by atoms with Gasteiger partial charge in [0.15, 0.2) is 0 Å². The molecule has 3 heterocycles. The van der Waals surface area contributed by atoms with E-state index in [9.17, 15) is 9.18 Å². The Morgan fingerprint density at radius 3 is 2.37 bits per heavy atom. The maximum atomic E-state index is 13.9. The average Bonchev–Trinajstić information content (AvgIpc) is 3.54. The largest absolute Gasteiger partial charge is 0.334 e. The van der Waals surface area contributed by atoms with Crippen molar-refractivity contribution < 1.29 is 9.18 Å². The first-order valence-corrected chi connectivity index (χ1v) is 12.8. The molecule has 1 atom stereocenters. The van der Waals surface area contributed by atoms with E-state index >= 15 is 0 Å². The summed E-state index contributed by atoms with van der Waals surface area (Å²) in [6.45, 7) is 2.84. The van der Waals surface area contributed by atoms with Crippen LogP contribution in [0.1, 0.15) is 41.0 Å². The molecule has 1 aliphatic heterocycles. The Bertz CT molecular complexity index is 1560. The number of rotatable bonds is 5. The van der Waals surface area contributed by atoms with Gasteiger partial charge in [0.05, 0.1) is 29.7 Å². The lowest BCUT2D eigenvalue weighted by atomic mass is 10.0. The van der Waals surface area contributed by atoms with Crippen molar-refractivity contribution in [1.82, 2.24) is 24.6 Å². The molecule has 6 nitrogen and oxygen atoms in total. The van der Waals surface area contributed by atoms with E-state index in [1.54, 1.807) is 12.1 Å². The van der Waals surface area contributed by atoms with Gasteiger partial charge in [0.25, 0.3) is 0 Å². The summed E-state index contributed by atoms with van der Waals surface area (Å²) in [5.74, 6) is 0.604. The van der Waals surface area contributed by atoms with E-state index in [0.29, 0.717) is 13.1 Å². The van der Waals surface area contributed by atoms with E-state index in [1.807, 2.05) is 88.6 Å². The van der Waals surface area contributed by atoms with Gasteiger partial charge in [-0.3, -0.25) is 0 Å². The second kappa shape index (κ2) is 10.0. The minimum atomic E-state index is -0.428. The smallest absolute Gasteiger partial charge is 0.318 e. The molecule has 0 unspecified atom stereocenters. The highest BCUT2D eigenvalue weighted by molar-refractivity contribution is 5.76. The number of urea groups is 1. The first-order chi connectivity index (χ1) is 18.6. The fourth-order valence-corrected chi connectivity index (χ4v) is 5.22. The number of aromatic nitrogens is 3. The minimum absolute atomic E-state index is 0.196. The van der Waals surface area contributed by atoms with E-state index in [-0.39, 0.29) is 11.8 Å². The van der Waals surface area contributed by atoms with Crippen molar-refractivity contribution in [3.8, 4) is 11.5 Å². The van der Waals surface area contributed by atoms with E-state index < -0.39 is 6.04 Å². The third-order valence-electron chi connectivity index (χ3n) is 7.04. The zero-order valence-electron chi connectivity index (χ0n) is 21.1. The number of carbonyl (C=O) groups excluding carboxylic acids is 1. The van der Waals surface area contributed by atoms with Gasteiger partial charge in [-0.25, -0.2) is 13.9 Å². The first kappa shape index (κ1) is 23.7. The maximum absolute atomic E-state index is 13.9. The van der Waals surface area contributed by atoms with Crippen molar-refractivity contribution in [2.75, 3.05) is 0 Å². The quantitative estimate of drug-likeness (QED) is 0.310. The van der Waals surface area contributed by atoms with E-state index in [2.05, 4.69) is 16.8 Å². The molecule has 7 heteroatoms. The van der Waals surface area contributed by atoms with Gasteiger partial charge in [0.1, 0.15) is 11.6 Å². The van der Waals surface area contributed by atoms with Gasteiger partial charge in [-0.15, -0.1) is 0 Å². The highest BCUT2D eigenvalue weighted by Crippen LogP contribution is 2.38. The molecule has 0 spiro atoms. The summed E-state index contributed by atoms with van der Waals surface area (Å²) < 4.78 is 18.0.